The third-order valence-corrected chi connectivity index (χ3v) is 3.80. The summed E-state index contributed by atoms with van der Waals surface area (Å²) in [7, 11) is 0. The molecule has 17 heavy (non-hydrogen) atoms. The number of hydrogen-bond donors (Lipinski definition) is 1. The molecule has 1 aromatic rings. The highest BCUT2D eigenvalue weighted by molar-refractivity contribution is 6.30. The zero-order valence-corrected chi connectivity index (χ0v) is 10.7. The standard InChI is InChI=1S/C13H17ClFNO/c1-2-16-7-5-13(17,6-8-16)11-4-3-10(14)9-12(11)15/h3-4,9,17H,2,5-8H2,1H3. The molecule has 1 heterocycles. The Morgan fingerprint density at radius 2 is 2.06 bits per heavy atom. The van der Waals surface area contributed by atoms with Crippen molar-refractivity contribution in [1.82, 2.24) is 4.90 Å². The van der Waals surface area contributed by atoms with Crippen LogP contribution in [-0.4, -0.2) is 29.6 Å². The molecule has 0 aliphatic carbocycles. The maximum Gasteiger partial charge on any atom is 0.130 e. The quantitative estimate of drug-likeness (QED) is 0.881. The molecule has 4 heteroatoms. The summed E-state index contributed by atoms with van der Waals surface area (Å²) in [6.07, 6.45) is 1.14. The Morgan fingerprint density at radius 1 is 1.41 bits per heavy atom. The monoisotopic (exact) mass is 257 g/mol. The normalized spacial score (nSPS) is 20.5. The lowest BCUT2D eigenvalue weighted by Gasteiger charge is -2.38. The minimum absolute atomic E-state index is 0.362. The lowest BCUT2D eigenvalue weighted by molar-refractivity contribution is -0.0272. The van der Waals surface area contributed by atoms with E-state index in [1.165, 1.54) is 6.07 Å². The zero-order chi connectivity index (χ0) is 12.5. The molecule has 1 fully saturated rings. The second-order valence-corrected chi connectivity index (χ2v) is 5.03. The van der Waals surface area contributed by atoms with Crippen LogP contribution >= 0.6 is 11.6 Å². The topological polar surface area (TPSA) is 23.5 Å². The van der Waals surface area contributed by atoms with Crippen molar-refractivity contribution in [3.05, 3.63) is 34.6 Å². The second kappa shape index (κ2) is 4.92. The van der Waals surface area contributed by atoms with E-state index in [-0.39, 0.29) is 0 Å². The lowest BCUT2D eigenvalue weighted by Crippen LogP contribution is -2.42. The number of benzene rings is 1. The number of nitrogens with zero attached hydrogens (tertiary/aromatic N) is 1. The number of hydrogen-bond acceptors (Lipinski definition) is 2. The fourth-order valence-electron chi connectivity index (χ4n) is 2.38. The van der Waals surface area contributed by atoms with Gasteiger partial charge in [-0.05, 0) is 31.5 Å². The summed E-state index contributed by atoms with van der Waals surface area (Å²) in [5.41, 5.74) is -0.669. The van der Waals surface area contributed by atoms with Crippen LogP contribution in [0.2, 0.25) is 5.02 Å². The molecule has 2 nitrogen and oxygen atoms in total. The average Bonchev–Trinajstić information content (AvgIpc) is 2.29. The van der Waals surface area contributed by atoms with Gasteiger partial charge in [-0.1, -0.05) is 24.6 Å². The van der Waals surface area contributed by atoms with Gasteiger partial charge in [0.15, 0.2) is 0 Å². The van der Waals surface area contributed by atoms with Gasteiger partial charge in [-0.3, -0.25) is 0 Å². The van der Waals surface area contributed by atoms with Crippen LogP contribution in [0.3, 0.4) is 0 Å². The van der Waals surface area contributed by atoms with Gasteiger partial charge >= 0.3 is 0 Å². The number of aliphatic hydroxyl groups is 1. The molecule has 0 radical (unpaired) electrons. The summed E-state index contributed by atoms with van der Waals surface area (Å²) in [5.74, 6) is -0.412. The molecule has 0 saturated carbocycles. The van der Waals surface area contributed by atoms with Crippen LogP contribution in [0.5, 0.6) is 0 Å². The predicted molar refractivity (Wildman–Crippen MR) is 66.7 cm³/mol. The van der Waals surface area contributed by atoms with Crippen LogP contribution in [0.25, 0.3) is 0 Å². The molecule has 1 aliphatic rings. The van der Waals surface area contributed by atoms with E-state index in [0.717, 1.165) is 19.6 Å². The van der Waals surface area contributed by atoms with E-state index in [0.29, 0.717) is 23.4 Å². The van der Waals surface area contributed by atoms with Crippen LogP contribution in [-0.2, 0) is 5.60 Å². The van der Waals surface area contributed by atoms with E-state index in [4.69, 9.17) is 11.6 Å². The highest BCUT2D eigenvalue weighted by atomic mass is 35.5. The van der Waals surface area contributed by atoms with Crippen molar-refractivity contribution in [2.75, 3.05) is 19.6 Å². The second-order valence-electron chi connectivity index (χ2n) is 4.59. The number of halogens is 2. The highest BCUT2D eigenvalue weighted by Crippen LogP contribution is 2.34. The van der Waals surface area contributed by atoms with Crippen molar-refractivity contribution in [2.45, 2.75) is 25.4 Å². The van der Waals surface area contributed by atoms with Crippen LogP contribution in [0, 0.1) is 5.82 Å². The number of piperidine rings is 1. The van der Waals surface area contributed by atoms with Crippen molar-refractivity contribution in [3.63, 3.8) is 0 Å². The lowest BCUT2D eigenvalue weighted by atomic mass is 9.84. The molecule has 0 spiro atoms. The molecule has 1 saturated heterocycles. The Hall–Kier alpha value is -0.640. The van der Waals surface area contributed by atoms with Gasteiger partial charge in [0.05, 0.1) is 5.60 Å². The third-order valence-electron chi connectivity index (χ3n) is 3.56. The van der Waals surface area contributed by atoms with E-state index in [9.17, 15) is 9.50 Å². The molecule has 2 rings (SSSR count). The van der Waals surface area contributed by atoms with Crippen molar-refractivity contribution < 1.29 is 9.50 Å². The predicted octanol–water partition coefficient (Wildman–Crippen LogP) is 2.78. The van der Waals surface area contributed by atoms with Gasteiger partial charge in [0.25, 0.3) is 0 Å². The fraction of sp³-hybridized carbons (Fsp3) is 0.538. The summed E-state index contributed by atoms with van der Waals surface area (Å²) >= 11 is 5.72. The van der Waals surface area contributed by atoms with Gasteiger partial charge in [0.2, 0.25) is 0 Å². The number of likely N-dealkylation sites (tertiary alicyclic amines) is 1. The SMILES string of the molecule is CCN1CCC(O)(c2ccc(Cl)cc2F)CC1. The zero-order valence-electron chi connectivity index (χ0n) is 9.92. The maximum atomic E-state index is 13.8. The molecule has 0 unspecified atom stereocenters. The summed E-state index contributed by atoms with van der Waals surface area (Å²) in [4.78, 5) is 2.25. The molecule has 1 N–H and O–H groups in total. The van der Waals surface area contributed by atoms with Gasteiger partial charge < -0.3 is 10.0 Å². The van der Waals surface area contributed by atoms with Crippen LogP contribution in [0.15, 0.2) is 18.2 Å². The molecule has 0 atom stereocenters. The minimum atomic E-state index is -1.04. The average molecular weight is 258 g/mol. The molecule has 0 aromatic heterocycles. The summed E-state index contributed by atoms with van der Waals surface area (Å²) < 4.78 is 13.8. The molecule has 0 amide bonds. The van der Waals surface area contributed by atoms with E-state index >= 15 is 0 Å². The van der Waals surface area contributed by atoms with Gasteiger partial charge in [-0.15, -0.1) is 0 Å². The van der Waals surface area contributed by atoms with Crippen molar-refractivity contribution in [3.8, 4) is 0 Å². The Bertz CT molecular complexity index is 402. The first-order valence-electron chi connectivity index (χ1n) is 5.95. The van der Waals surface area contributed by atoms with Crippen LogP contribution in [0.4, 0.5) is 4.39 Å². The maximum absolute atomic E-state index is 13.8. The molecule has 1 aromatic carbocycles. The van der Waals surface area contributed by atoms with E-state index in [1.54, 1.807) is 12.1 Å². The summed E-state index contributed by atoms with van der Waals surface area (Å²) in [6, 6.07) is 4.49. The first-order valence-corrected chi connectivity index (χ1v) is 6.33. The molecular formula is C13H17ClFNO. The highest BCUT2D eigenvalue weighted by Gasteiger charge is 2.35. The van der Waals surface area contributed by atoms with Gasteiger partial charge in [-0.25, -0.2) is 4.39 Å². The summed E-state index contributed by atoms with van der Waals surface area (Å²) in [6.45, 7) is 4.66. The summed E-state index contributed by atoms with van der Waals surface area (Å²) in [5, 5.41) is 10.9. The van der Waals surface area contributed by atoms with Crippen LogP contribution < -0.4 is 0 Å². The fourth-order valence-corrected chi connectivity index (χ4v) is 2.53. The van der Waals surface area contributed by atoms with Crippen molar-refractivity contribution in [1.29, 1.82) is 0 Å². The molecule has 94 valence electrons. The van der Waals surface area contributed by atoms with Gasteiger partial charge in [-0.2, -0.15) is 0 Å². The van der Waals surface area contributed by atoms with E-state index < -0.39 is 11.4 Å². The van der Waals surface area contributed by atoms with Crippen LogP contribution in [0.1, 0.15) is 25.3 Å². The number of rotatable bonds is 2. The Labute approximate surface area is 106 Å². The molecule has 1 aliphatic heterocycles. The Morgan fingerprint density at radius 3 is 2.59 bits per heavy atom. The smallest absolute Gasteiger partial charge is 0.130 e. The Kier molecular flexibility index (Phi) is 3.71. The van der Waals surface area contributed by atoms with Crippen molar-refractivity contribution >= 4 is 11.6 Å². The Balaban J connectivity index is 2.21. The first kappa shape index (κ1) is 12.8. The molecule has 0 bridgehead atoms. The van der Waals surface area contributed by atoms with Gasteiger partial charge in [0.1, 0.15) is 5.82 Å². The van der Waals surface area contributed by atoms with E-state index in [2.05, 4.69) is 11.8 Å². The van der Waals surface area contributed by atoms with Crippen molar-refractivity contribution in [2.24, 2.45) is 0 Å². The third kappa shape index (κ3) is 2.62. The molecular weight excluding hydrogens is 241 g/mol. The van der Waals surface area contributed by atoms with E-state index in [1.807, 2.05) is 0 Å². The largest absolute Gasteiger partial charge is 0.385 e. The first-order chi connectivity index (χ1) is 8.05. The minimum Gasteiger partial charge on any atom is -0.385 e. The van der Waals surface area contributed by atoms with Gasteiger partial charge in [0, 0.05) is 23.7 Å².